The van der Waals surface area contributed by atoms with Gasteiger partial charge in [-0.1, -0.05) is 76.9 Å². The maximum atomic E-state index is 10.3. The van der Waals surface area contributed by atoms with Crippen molar-refractivity contribution in [2.75, 3.05) is 6.61 Å². The third-order valence-corrected chi connectivity index (χ3v) is 4.33. The van der Waals surface area contributed by atoms with Gasteiger partial charge in [-0.05, 0) is 32.1 Å². The predicted octanol–water partition coefficient (Wildman–Crippen LogP) is 6.42. The first kappa shape index (κ1) is 25.6. The van der Waals surface area contributed by atoms with Gasteiger partial charge >= 0.3 is 8.25 Å². The zero-order valence-corrected chi connectivity index (χ0v) is 17.0. The van der Waals surface area contributed by atoms with Gasteiger partial charge in [0.1, 0.15) is 0 Å². The molecule has 0 aromatic rings. The van der Waals surface area contributed by atoms with Crippen LogP contribution in [0.3, 0.4) is 0 Å². The zero-order chi connectivity index (χ0) is 16.3. The maximum Gasteiger partial charge on any atom is 0.316 e. The fourth-order valence-electron chi connectivity index (χ4n) is 2.51. The largest absolute Gasteiger partial charge is 0.326 e. The quantitative estimate of drug-likeness (QED) is 0.135. The number of hydrogen-bond acceptors (Lipinski definition) is 2. The van der Waals surface area contributed by atoms with Crippen molar-refractivity contribution < 1.29 is 31.1 Å². The average Bonchev–Trinajstić information content (AvgIpc) is 2.50. The van der Waals surface area contributed by atoms with Gasteiger partial charge in [0.25, 0.3) is 0 Å². The van der Waals surface area contributed by atoms with Gasteiger partial charge < -0.3 is 9.42 Å². The molecule has 0 rings (SSSR count). The molecule has 0 aliphatic heterocycles. The molecular formula is C18H37FeO3P. The molecule has 1 unspecified atom stereocenters. The van der Waals surface area contributed by atoms with Crippen molar-refractivity contribution in [3.8, 4) is 0 Å². The molecule has 0 saturated carbocycles. The van der Waals surface area contributed by atoms with Gasteiger partial charge in [0.2, 0.25) is 0 Å². The Labute approximate surface area is 155 Å². The van der Waals surface area contributed by atoms with Crippen molar-refractivity contribution in [3.63, 3.8) is 0 Å². The van der Waals surface area contributed by atoms with Crippen LogP contribution in [0.5, 0.6) is 0 Å². The van der Waals surface area contributed by atoms with E-state index in [0.717, 1.165) is 12.8 Å². The van der Waals surface area contributed by atoms with Crippen molar-refractivity contribution >= 4 is 8.25 Å². The number of allylic oxidation sites excluding steroid dienone is 2. The molecule has 0 saturated heterocycles. The van der Waals surface area contributed by atoms with Gasteiger partial charge in [-0.25, -0.2) is 0 Å². The molecule has 1 N–H and O–H groups in total. The van der Waals surface area contributed by atoms with Gasteiger partial charge in [0.05, 0.1) is 6.61 Å². The van der Waals surface area contributed by atoms with Crippen molar-refractivity contribution in [3.05, 3.63) is 12.2 Å². The molecule has 0 bridgehead atoms. The van der Waals surface area contributed by atoms with E-state index in [2.05, 4.69) is 23.6 Å². The number of rotatable bonds is 17. The van der Waals surface area contributed by atoms with Gasteiger partial charge in [-0.3, -0.25) is 4.57 Å². The summed E-state index contributed by atoms with van der Waals surface area (Å²) in [5, 5.41) is 0. The van der Waals surface area contributed by atoms with Crippen molar-refractivity contribution in [2.24, 2.45) is 0 Å². The molecule has 0 aromatic heterocycles. The van der Waals surface area contributed by atoms with Gasteiger partial charge in [-0.15, -0.1) is 0 Å². The molecule has 140 valence electrons. The minimum atomic E-state index is -2.71. The fraction of sp³-hybridized carbons (Fsp3) is 0.889. The molecule has 0 aromatic carbocycles. The molecule has 0 spiro atoms. The van der Waals surface area contributed by atoms with E-state index in [4.69, 9.17) is 4.89 Å². The van der Waals surface area contributed by atoms with Crippen LogP contribution in [0.2, 0.25) is 0 Å². The summed E-state index contributed by atoms with van der Waals surface area (Å²) in [5.41, 5.74) is 0. The third-order valence-electron chi connectivity index (χ3n) is 3.88. The Bertz CT molecular complexity index is 273. The third kappa shape index (κ3) is 24.8. The summed E-state index contributed by atoms with van der Waals surface area (Å²) >= 11 is 0. The summed E-state index contributed by atoms with van der Waals surface area (Å²) in [6, 6.07) is 0. The second-order valence-electron chi connectivity index (χ2n) is 6.05. The standard InChI is InChI=1S/C18H37O3P.Fe/c1-2-3-4-5-6-7-8-9-10-11-12-13-14-15-16-17-18-21-22(19)20;/h9-10,22H,2-8,11-18H2,1H3,(H,19,20);/b10-9-;. The molecule has 5 heteroatoms. The Morgan fingerprint density at radius 3 is 1.70 bits per heavy atom. The van der Waals surface area contributed by atoms with Crippen LogP contribution < -0.4 is 0 Å². The fourth-order valence-corrected chi connectivity index (χ4v) is 2.83. The topological polar surface area (TPSA) is 46.5 Å². The Morgan fingerprint density at radius 1 is 0.783 bits per heavy atom. The average molecular weight is 388 g/mol. The minimum absolute atomic E-state index is 0. The Hall–Kier alpha value is 0.409. The first-order valence-electron chi connectivity index (χ1n) is 9.28. The van der Waals surface area contributed by atoms with Crippen molar-refractivity contribution in [1.29, 1.82) is 0 Å². The van der Waals surface area contributed by atoms with E-state index < -0.39 is 8.25 Å². The first-order valence-corrected chi connectivity index (χ1v) is 10.5. The molecule has 0 radical (unpaired) electrons. The molecule has 3 nitrogen and oxygen atoms in total. The summed E-state index contributed by atoms with van der Waals surface area (Å²) in [6.07, 6.45) is 22.5. The molecule has 0 amide bonds. The normalized spacial score (nSPS) is 12.4. The second kappa shape index (κ2) is 22.4. The number of unbranched alkanes of at least 4 members (excludes halogenated alkanes) is 12. The van der Waals surface area contributed by atoms with E-state index >= 15 is 0 Å². The Morgan fingerprint density at radius 2 is 1.22 bits per heavy atom. The summed E-state index contributed by atoms with van der Waals surface area (Å²) in [6.45, 7) is 2.69. The van der Waals surface area contributed by atoms with E-state index in [1.54, 1.807) is 0 Å². The number of hydrogen-bond donors (Lipinski definition) is 1. The van der Waals surface area contributed by atoms with Crippen LogP contribution in [0.1, 0.15) is 96.8 Å². The molecular weight excluding hydrogens is 351 g/mol. The van der Waals surface area contributed by atoms with Crippen LogP contribution in [0.4, 0.5) is 0 Å². The molecule has 0 fully saturated rings. The van der Waals surface area contributed by atoms with Crippen molar-refractivity contribution in [1.82, 2.24) is 0 Å². The molecule has 23 heavy (non-hydrogen) atoms. The van der Waals surface area contributed by atoms with Gasteiger partial charge in [0, 0.05) is 17.1 Å². The van der Waals surface area contributed by atoms with E-state index in [1.165, 1.54) is 77.0 Å². The monoisotopic (exact) mass is 388 g/mol. The molecule has 0 aliphatic carbocycles. The smallest absolute Gasteiger partial charge is 0.316 e. The van der Waals surface area contributed by atoms with E-state index in [1.807, 2.05) is 0 Å². The van der Waals surface area contributed by atoms with Gasteiger partial charge in [-0.2, -0.15) is 0 Å². The zero-order valence-electron chi connectivity index (χ0n) is 14.9. The Kier molecular flexibility index (Phi) is 25.0. The Balaban J connectivity index is 0. The van der Waals surface area contributed by atoms with Crippen LogP contribution in [0.15, 0.2) is 12.2 Å². The van der Waals surface area contributed by atoms with Crippen LogP contribution in [-0.2, 0) is 26.2 Å². The maximum absolute atomic E-state index is 10.3. The summed E-state index contributed by atoms with van der Waals surface area (Å²) < 4.78 is 15.0. The van der Waals surface area contributed by atoms with E-state index in [-0.39, 0.29) is 17.1 Å². The summed E-state index contributed by atoms with van der Waals surface area (Å²) in [5.74, 6) is 0. The van der Waals surface area contributed by atoms with Gasteiger partial charge in [0.15, 0.2) is 0 Å². The first-order chi connectivity index (χ1) is 10.8. The second-order valence-corrected chi connectivity index (χ2v) is 6.87. The van der Waals surface area contributed by atoms with Crippen LogP contribution >= 0.6 is 8.25 Å². The summed E-state index contributed by atoms with van der Waals surface area (Å²) in [4.78, 5) is 8.50. The van der Waals surface area contributed by atoms with Crippen LogP contribution in [0.25, 0.3) is 0 Å². The van der Waals surface area contributed by atoms with Crippen LogP contribution in [-0.4, -0.2) is 11.5 Å². The summed E-state index contributed by atoms with van der Waals surface area (Å²) in [7, 11) is -2.71. The predicted molar refractivity (Wildman–Crippen MR) is 96.6 cm³/mol. The van der Waals surface area contributed by atoms with Crippen molar-refractivity contribution in [2.45, 2.75) is 96.8 Å². The molecule has 0 heterocycles. The van der Waals surface area contributed by atoms with Crippen LogP contribution in [0, 0.1) is 0 Å². The SMILES string of the molecule is CCCCCCCC/C=C\CCCCCCCCO[PH](=O)O.[Fe]. The minimum Gasteiger partial charge on any atom is -0.326 e. The molecule has 1 atom stereocenters. The molecule has 0 aliphatic rings. The van der Waals surface area contributed by atoms with E-state index in [0.29, 0.717) is 6.61 Å². The van der Waals surface area contributed by atoms with E-state index in [9.17, 15) is 4.57 Å².